The van der Waals surface area contributed by atoms with E-state index in [4.69, 9.17) is 4.74 Å². The number of ether oxygens (including phenoxy) is 1. The number of halogens is 1. The van der Waals surface area contributed by atoms with Crippen molar-refractivity contribution in [3.05, 3.63) is 34.3 Å². The summed E-state index contributed by atoms with van der Waals surface area (Å²) in [6.45, 7) is 3.12. The summed E-state index contributed by atoms with van der Waals surface area (Å²) in [5.74, 6) is 0.674. The SMILES string of the molecule is CC[C@@H](CCCOC)c1ccc(Br)cc1. The van der Waals surface area contributed by atoms with E-state index in [1.54, 1.807) is 7.11 Å². The Kier molecular flexibility index (Phi) is 5.96. The van der Waals surface area contributed by atoms with Gasteiger partial charge in [0.15, 0.2) is 0 Å². The van der Waals surface area contributed by atoms with E-state index < -0.39 is 0 Å². The van der Waals surface area contributed by atoms with E-state index >= 15 is 0 Å². The fraction of sp³-hybridized carbons (Fsp3) is 0.538. The average Bonchev–Trinajstić information content (AvgIpc) is 2.26. The third-order valence-electron chi connectivity index (χ3n) is 2.74. The second-order valence-corrected chi connectivity index (χ2v) is 4.71. The molecule has 1 atom stereocenters. The zero-order valence-electron chi connectivity index (χ0n) is 9.50. The van der Waals surface area contributed by atoms with Crippen LogP contribution in [0.5, 0.6) is 0 Å². The summed E-state index contributed by atoms with van der Waals surface area (Å²) in [7, 11) is 1.76. The molecule has 84 valence electrons. The summed E-state index contributed by atoms with van der Waals surface area (Å²) in [4.78, 5) is 0. The van der Waals surface area contributed by atoms with E-state index in [-0.39, 0.29) is 0 Å². The molecule has 0 unspecified atom stereocenters. The molecule has 15 heavy (non-hydrogen) atoms. The molecule has 0 aliphatic carbocycles. The van der Waals surface area contributed by atoms with Crippen molar-refractivity contribution in [3.8, 4) is 0 Å². The summed E-state index contributed by atoms with van der Waals surface area (Å²) in [6.07, 6.45) is 3.56. The van der Waals surface area contributed by atoms with E-state index in [1.807, 2.05) is 0 Å². The molecule has 0 spiro atoms. The fourth-order valence-corrected chi connectivity index (χ4v) is 2.08. The molecule has 0 aliphatic rings. The maximum absolute atomic E-state index is 5.08. The molecule has 0 fully saturated rings. The van der Waals surface area contributed by atoms with Crippen LogP contribution < -0.4 is 0 Å². The fourth-order valence-electron chi connectivity index (χ4n) is 1.82. The van der Waals surface area contributed by atoms with Crippen molar-refractivity contribution in [1.82, 2.24) is 0 Å². The van der Waals surface area contributed by atoms with Gasteiger partial charge in [-0.3, -0.25) is 0 Å². The molecular formula is C13H19BrO. The molecule has 0 bridgehead atoms. The Morgan fingerprint density at radius 3 is 2.47 bits per heavy atom. The number of methoxy groups -OCH3 is 1. The van der Waals surface area contributed by atoms with Crippen molar-refractivity contribution < 1.29 is 4.74 Å². The summed E-state index contributed by atoms with van der Waals surface area (Å²) < 4.78 is 6.24. The van der Waals surface area contributed by atoms with Crippen LogP contribution in [0, 0.1) is 0 Å². The van der Waals surface area contributed by atoms with Gasteiger partial charge in [0.2, 0.25) is 0 Å². The van der Waals surface area contributed by atoms with Crippen LogP contribution in [0.3, 0.4) is 0 Å². The Bertz CT molecular complexity index is 268. The largest absolute Gasteiger partial charge is 0.385 e. The molecule has 0 saturated carbocycles. The predicted octanol–water partition coefficient (Wildman–Crippen LogP) is 4.37. The second kappa shape index (κ2) is 7.02. The van der Waals surface area contributed by atoms with Gasteiger partial charge >= 0.3 is 0 Å². The van der Waals surface area contributed by atoms with Crippen molar-refractivity contribution in [3.63, 3.8) is 0 Å². The first-order valence-corrected chi connectivity index (χ1v) is 6.31. The van der Waals surface area contributed by atoms with Gasteiger partial charge in [-0.1, -0.05) is 35.0 Å². The highest BCUT2D eigenvalue weighted by molar-refractivity contribution is 9.10. The van der Waals surface area contributed by atoms with Gasteiger partial charge in [-0.15, -0.1) is 0 Å². The third-order valence-corrected chi connectivity index (χ3v) is 3.26. The lowest BCUT2D eigenvalue weighted by atomic mass is 9.92. The van der Waals surface area contributed by atoms with Crippen LogP contribution in [0.25, 0.3) is 0 Å². The first-order chi connectivity index (χ1) is 7.27. The molecular weight excluding hydrogens is 252 g/mol. The first kappa shape index (κ1) is 12.7. The minimum atomic E-state index is 0.674. The number of hydrogen-bond acceptors (Lipinski definition) is 1. The topological polar surface area (TPSA) is 9.23 Å². The van der Waals surface area contributed by atoms with Crippen molar-refractivity contribution in [2.75, 3.05) is 13.7 Å². The molecule has 1 rings (SSSR count). The van der Waals surface area contributed by atoms with Crippen LogP contribution in [-0.4, -0.2) is 13.7 Å². The minimum absolute atomic E-state index is 0.674. The number of rotatable bonds is 6. The molecule has 0 heterocycles. The smallest absolute Gasteiger partial charge is 0.0462 e. The van der Waals surface area contributed by atoms with E-state index in [1.165, 1.54) is 18.4 Å². The van der Waals surface area contributed by atoms with Gasteiger partial charge in [0.25, 0.3) is 0 Å². The molecule has 1 aromatic rings. The molecule has 0 N–H and O–H groups in total. The quantitative estimate of drug-likeness (QED) is 0.698. The highest BCUT2D eigenvalue weighted by Crippen LogP contribution is 2.25. The van der Waals surface area contributed by atoms with Crippen molar-refractivity contribution in [2.45, 2.75) is 32.1 Å². The Labute approximate surface area is 101 Å². The standard InChI is InChI=1S/C13H19BrO/c1-3-11(5-4-10-15-2)12-6-8-13(14)9-7-12/h6-9,11H,3-5,10H2,1-2H3/t11-/m0/s1. The molecule has 0 saturated heterocycles. The first-order valence-electron chi connectivity index (χ1n) is 5.52. The summed E-state index contributed by atoms with van der Waals surface area (Å²) in [6, 6.07) is 8.67. The third kappa shape index (κ3) is 4.35. The van der Waals surface area contributed by atoms with Gasteiger partial charge in [-0.2, -0.15) is 0 Å². The summed E-state index contributed by atoms with van der Waals surface area (Å²) in [5.41, 5.74) is 1.44. The van der Waals surface area contributed by atoms with Crippen molar-refractivity contribution in [1.29, 1.82) is 0 Å². The molecule has 0 aliphatic heterocycles. The molecule has 0 radical (unpaired) electrons. The second-order valence-electron chi connectivity index (χ2n) is 3.79. The van der Waals surface area contributed by atoms with Gasteiger partial charge < -0.3 is 4.74 Å². The Hall–Kier alpha value is -0.340. The molecule has 1 nitrogen and oxygen atoms in total. The predicted molar refractivity (Wildman–Crippen MR) is 68.3 cm³/mol. The normalized spacial score (nSPS) is 12.7. The summed E-state index contributed by atoms with van der Waals surface area (Å²) in [5, 5.41) is 0. The van der Waals surface area contributed by atoms with Gasteiger partial charge in [-0.05, 0) is 42.9 Å². The lowest BCUT2D eigenvalue weighted by molar-refractivity contribution is 0.190. The van der Waals surface area contributed by atoms with Crippen LogP contribution in [-0.2, 0) is 4.74 Å². The zero-order chi connectivity index (χ0) is 11.1. The highest BCUT2D eigenvalue weighted by Gasteiger charge is 2.08. The van der Waals surface area contributed by atoms with Gasteiger partial charge in [-0.25, -0.2) is 0 Å². The lowest BCUT2D eigenvalue weighted by Gasteiger charge is -2.15. The lowest BCUT2D eigenvalue weighted by Crippen LogP contribution is -1.99. The monoisotopic (exact) mass is 270 g/mol. The Balaban J connectivity index is 2.53. The van der Waals surface area contributed by atoms with Crippen LogP contribution in [0.15, 0.2) is 28.7 Å². The van der Waals surface area contributed by atoms with Gasteiger partial charge in [0.05, 0.1) is 0 Å². The van der Waals surface area contributed by atoms with Crippen LogP contribution >= 0.6 is 15.9 Å². The number of benzene rings is 1. The maximum Gasteiger partial charge on any atom is 0.0462 e. The Morgan fingerprint density at radius 1 is 1.27 bits per heavy atom. The van der Waals surface area contributed by atoms with Crippen molar-refractivity contribution in [2.24, 2.45) is 0 Å². The molecule has 2 heteroatoms. The van der Waals surface area contributed by atoms with Crippen LogP contribution in [0.4, 0.5) is 0 Å². The van der Waals surface area contributed by atoms with Gasteiger partial charge in [0.1, 0.15) is 0 Å². The van der Waals surface area contributed by atoms with Crippen LogP contribution in [0.1, 0.15) is 37.7 Å². The summed E-state index contributed by atoms with van der Waals surface area (Å²) >= 11 is 3.46. The van der Waals surface area contributed by atoms with E-state index in [9.17, 15) is 0 Å². The minimum Gasteiger partial charge on any atom is -0.385 e. The van der Waals surface area contributed by atoms with Gasteiger partial charge in [0, 0.05) is 18.2 Å². The zero-order valence-corrected chi connectivity index (χ0v) is 11.1. The van der Waals surface area contributed by atoms with Crippen molar-refractivity contribution >= 4 is 15.9 Å². The molecule has 0 aromatic heterocycles. The van der Waals surface area contributed by atoms with E-state index in [0.717, 1.165) is 17.5 Å². The molecule has 0 amide bonds. The average molecular weight is 271 g/mol. The maximum atomic E-state index is 5.08. The van der Waals surface area contributed by atoms with E-state index in [0.29, 0.717) is 5.92 Å². The molecule has 1 aromatic carbocycles. The highest BCUT2D eigenvalue weighted by atomic mass is 79.9. The van der Waals surface area contributed by atoms with E-state index in [2.05, 4.69) is 47.1 Å². The van der Waals surface area contributed by atoms with Crippen LogP contribution in [0.2, 0.25) is 0 Å². The number of hydrogen-bond donors (Lipinski definition) is 0. The Morgan fingerprint density at radius 2 is 1.93 bits per heavy atom.